The van der Waals surface area contributed by atoms with Crippen LogP contribution in [-0.4, -0.2) is 38.5 Å². The van der Waals surface area contributed by atoms with Crippen LogP contribution in [0.3, 0.4) is 0 Å². The summed E-state index contributed by atoms with van der Waals surface area (Å²) in [5.74, 6) is 0. The third-order valence-corrected chi connectivity index (χ3v) is 3.35. The van der Waals surface area contributed by atoms with Crippen LogP contribution in [0.4, 0.5) is 0 Å². The Morgan fingerprint density at radius 2 is 1.80 bits per heavy atom. The first-order chi connectivity index (χ1) is 7.45. The summed E-state index contributed by atoms with van der Waals surface area (Å²) < 4.78 is 10.7. The highest BCUT2D eigenvalue weighted by Gasteiger charge is 2.18. The molecule has 1 aliphatic carbocycles. The van der Waals surface area contributed by atoms with Crippen LogP contribution in [0.2, 0.25) is 0 Å². The number of hydrogen-bond acceptors (Lipinski definition) is 3. The number of nitrogens with one attached hydrogen (secondary N) is 1. The second kappa shape index (κ2) is 6.46. The van der Waals surface area contributed by atoms with Gasteiger partial charge in [-0.1, -0.05) is 25.7 Å². The Morgan fingerprint density at radius 3 is 2.40 bits per heavy atom. The number of ether oxygens (including phenoxy) is 2. The first-order valence-electron chi connectivity index (χ1n) is 6.38. The zero-order valence-electron chi connectivity index (χ0n) is 9.54. The summed E-state index contributed by atoms with van der Waals surface area (Å²) in [7, 11) is 0. The van der Waals surface area contributed by atoms with Crippen molar-refractivity contribution in [3.8, 4) is 0 Å². The molecule has 15 heavy (non-hydrogen) atoms. The van der Waals surface area contributed by atoms with Crippen molar-refractivity contribution in [3.05, 3.63) is 0 Å². The molecular formula is C12H23NO2. The van der Waals surface area contributed by atoms with Crippen LogP contribution >= 0.6 is 0 Å². The lowest BCUT2D eigenvalue weighted by atomic mass is 10.1. The first-order valence-corrected chi connectivity index (χ1v) is 6.38. The second-order valence-corrected chi connectivity index (χ2v) is 4.67. The summed E-state index contributed by atoms with van der Waals surface area (Å²) in [6.07, 6.45) is 8.73. The molecule has 0 aromatic heterocycles. The minimum Gasteiger partial charge on any atom is -0.376 e. The van der Waals surface area contributed by atoms with E-state index in [1.165, 1.54) is 38.5 Å². The Balaban J connectivity index is 1.48. The molecule has 0 unspecified atom stereocenters. The molecular weight excluding hydrogens is 190 g/mol. The summed E-state index contributed by atoms with van der Waals surface area (Å²) in [5.41, 5.74) is 0. The minimum atomic E-state index is 0.376. The largest absolute Gasteiger partial charge is 0.376 e. The van der Waals surface area contributed by atoms with E-state index in [1.54, 1.807) is 0 Å². The molecule has 0 amide bonds. The van der Waals surface area contributed by atoms with E-state index >= 15 is 0 Å². The van der Waals surface area contributed by atoms with Gasteiger partial charge in [-0.3, -0.25) is 0 Å². The third-order valence-electron chi connectivity index (χ3n) is 3.35. The van der Waals surface area contributed by atoms with Crippen LogP contribution in [0, 0.1) is 0 Å². The quantitative estimate of drug-likeness (QED) is 0.557. The Bertz CT molecular complexity index is 163. The molecule has 2 rings (SSSR count). The van der Waals surface area contributed by atoms with Crippen LogP contribution < -0.4 is 5.32 Å². The highest BCUT2D eigenvalue weighted by molar-refractivity contribution is 4.71. The van der Waals surface area contributed by atoms with Gasteiger partial charge in [0.25, 0.3) is 0 Å². The van der Waals surface area contributed by atoms with E-state index in [0.29, 0.717) is 6.10 Å². The highest BCUT2D eigenvalue weighted by Crippen LogP contribution is 2.16. The predicted octanol–water partition coefficient (Wildman–Crippen LogP) is 1.71. The number of rotatable bonds is 5. The molecule has 88 valence electrons. The van der Waals surface area contributed by atoms with Gasteiger partial charge < -0.3 is 14.8 Å². The number of hydrogen-bond donors (Lipinski definition) is 1. The molecule has 0 spiro atoms. The summed E-state index contributed by atoms with van der Waals surface area (Å²) in [4.78, 5) is 0. The SMILES string of the molecule is C1CCCC(NCCOC2COC2)CC1. The maximum atomic E-state index is 5.61. The Hall–Kier alpha value is -0.120. The minimum absolute atomic E-state index is 0.376. The zero-order valence-corrected chi connectivity index (χ0v) is 9.54. The van der Waals surface area contributed by atoms with Gasteiger partial charge in [0.05, 0.1) is 19.8 Å². The van der Waals surface area contributed by atoms with Crippen molar-refractivity contribution in [3.63, 3.8) is 0 Å². The van der Waals surface area contributed by atoms with E-state index in [1.807, 2.05) is 0 Å². The predicted molar refractivity (Wildman–Crippen MR) is 60.1 cm³/mol. The van der Waals surface area contributed by atoms with Gasteiger partial charge in [-0.05, 0) is 12.8 Å². The molecule has 1 saturated heterocycles. The molecule has 0 bridgehead atoms. The Morgan fingerprint density at radius 1 is 1.07 bits per heavy atom. The van der Waals surface area contributed by atoms with Gasteiger partial charge in [0.1, 0.15) is 6.10 Å². The fraction of sp³-hybridized carbons (Fsp3) is 1.00. The topological polar surface area (TPSA) is 30.5 Å². The van der Waals surface area contributed by atoms with Gasteiger partial charge in [-0.25, -0.2) is 0 Å². The molecule has 1 saturated carbocycles. The van der Waals surface area contributed by atoms with E-state index in [2.05, 4.69) is 5.32 Å². The van der Waals surface area contributed by atoms with Crippen molar-refractivity contribution < 1.29 is 9.47 Å². The van der Waals surface area contributed by atoms with Gasteiger partial charge in [0.2, 0.25) is 0 Å². The summed E-state index contributed by atoms with van der Waals surface area (Å²) in [6, 6.07) is 0.744. The zero-order chi connectivity index (χ0) is 10.3. The van der Waals surface area contributed by atoms with E-state index < -0.39 is 0 Å². The molecule has 0 radical (unpaired) electrons. The molecule has 0 atom stereocenters. The molecule has 1 N–H and O–H groups in total. The van der Waals surface area contributed by atoms with E-state index in [4.69, 9.17) is 9.47 Å². The Kier molecular flexibility index (Phi) is 4.90. The van der Waals surface area contributed by atoms with Crippen molar-refractivity contribution in [2.24, 2.45) is 0 Å². The molecule has 3 heteroatoms. The average Bonchev–Trinajstić information content (AvgIpc) is 2.43. The van der Waals surface area contributed by atoms with Crippen molar-refractivity contribution in [2.75, 3.05) is 26.4 Å². The summed E-state index contributed by atoms with van der Waals surface area (Å²) >= 11 is 0. The fourth-order valence-corrected chi connectivity index (χ4v) is 2.28. The van der Waals surface area contributed by atoms with Crippen molar-refractivity contribution >= 4 is 0 Å². The highest BCUT2D eigenvalue weighted by atomic mass is 16.6. The smallest absolute Gasteiger partial charge is 0.104 e. The van der Waals surface area contributed by atoms with Crippen LogP contribution in [-0.2, 0) is 9.47 Å². The van der Waals surface area contributed by atoms with E-state index in [9.17, 15) is 0 Å². The third kappa shape index (κ3) is 4.09. The van der Waals surface area contributed by atoms with Crippen molar-refractivity contribution in [1.29, 1.82) is 0 Å². The fourth-order valence-electron chi connectivity index (χ4n) is 2.28. The molecule has 1 aliphatic heterocycles. The van der Waals surface area contributed by atoms with Crippen LogP contribution in [0.25, 0.3) is 0 Å². The summed E-state index contributed by atoms with van der Waals surface area (Å²) in [5, 5.41) is 3.60. The lowest BCUT2D eigenvalue weighted by Gasteiger charge is -2.26. The molecule has 2 fully saturated rings. The monoisotopic (exact) mass is 213 g/mol. The maximum absolute atomic E-state index is 5.61. The van der Waals surface area contributed by atoms with E-state index in [-0.39, 0.29) is 0 Å². The lowest BCUT2D eigenvalue weighted by Crippen LogP contribution is -2.39. The molecule has 3 nitrogen and oxygen atoms in total. The van der Waals surface area contributed by atoms with Crippen LogP contribution in [0.1, 0.15) is 38.5 Å². The molecule has 0 aromatic rings. The second-order valence-electron chi connectivity index (χ2n) is 4.67. The molecule has 0 aromatic carbocycles. The van der Waals surface area contributed by atoms with Gasteiger partial charge in [0, 0.05) is 12.6 Å². The van der Waals surface area contributed by atoms with Gasteiger partial charge in [-0.2, -0.15) is 0 Å². The Labute approximate surface area is 92.5 Å². The maximum Gasteiger partial charge on any atom is 0.104 e. The molecule has 2 aliphatic rings. The standard InChI is InChI=1S/C12H23NO2/c1-2-4-6-11(5-3-1)13-7-8-15-12-9-14-10-12/h11-13H,1-10H2. The van der Waals surface area contributed by atoms with Gasteiger partial charge >= 0.3 is 0 Å². The van der Waals surface area contributed by atoms with E-state index in [0.717, 1.165) is 32.4 Å². The van der Waals surface area contributed by atoms with Crippen LogP contribution in [0.5, 0.6) is 0 Å². The van der Waals surface area contributed by atoms with Crippen LogP contribution in [0.15, 0.2) is 0 Å². The lowest BCUT2D eigenvalue weighted by molar-refractivity contribution is -0.128. The van der Waals surface area contributed by atoms with Gasteiger partial charge in [-0.15, -0.1) is 0 Å². The van der Waals surface area contributed by atoms with Crippen molar-refractivity contribution in [1.82, 2.24) is 5.32 Å². The van der Waals surface area contributed by atoms with Gasteiger partial charge in [0.15, 0.2) is 0 Å². The average molecular weight is 213 g/mol. The summed E-state index contributed by atoms with van der Waals surface area (Å²) in [6.45, 7) is 3.43. The normalized spacial score (nSPS) is 24.8. The van der Waals surface area contributed by atoms with Crippen molar-refractivity contribution in [2.45, 2.75) is 50.7 Å². The first kappa shape index (κ1) is 11.4. The molecule has 1 heterocycles.